The van der Waals surface area contributed by atoms with Gasteiger partial charge < -0.3 is 14.6 Å². The molecule has 0 aromatic heterocycles. The number of allylic oxidation sites excluding steroid dienone is 1. The summed E-state index contributed by atoms with van der Waals surface area (Å²) in [6.45, 7) is 13.2. The molecule has 0 heterocycles. The van der Waals surface area contributed by atoms with Crippen molar-refractivity contribution in [3.05, 3.63) is 83.5 Å². The second-order valence-electron chi connectivity index (χ2n) is 10.3. The topological polar surface area (TPSA) is 72.8 Å². The van der Waals surface area contributed by atoms with Crippen LogP contribution in [-0.4, -0.2) is 51.2 Å². The van der Waals surface area contributed by atoms with Gasteiger partial charge in [0, 0.05) is 26.4 Å². The van der Waals surface area contributed by atoms with Gasteiger partial charge in [0.1, 0.15) is 12.6 Å². The van der Waals surface area contributed by atoms with E-state index in [1.54, 1.807) is 21.1 Å². The van der Waals surface area contributed by atoms with Gasteiger partial charge in [-0.2, -0.15) is 0 Å². The van der Waals surface area contributed by atoms with Gasteiger partial charge in [0.2, 0.25) is 0 Å². The van der Waals surface area contributed by atoms with E-state index in [0.717, 1.165) is 32.2 Å². The third-order valence-electron chi connectivity index (χ3n) is 6.65. The number of rotatable bonds is 18. The Bertz CT molecular complexity index is 994. The van der Waals surface area contributed by atoms with Crippen LogP contribution >= 0.6 is 0 Å². The summed E-state index contributed by atoms with van der Waals surface area (Å²) in [6.07, 6.45) is 13.7. The van der Waals surface area contributed by atoms with E-state index >= 15 is 0 Å². The van der Waals surface area contributed by atoms with Crippen LogP contribution in [0.5, 0.6) is 0 Å². The quantitative estimate of drug-likeness (QED) is 0.113. The Kier molecular flexibility index (Phi) is 23.2. The number of aliphatic hydroxyl groups is 1. The number of hydrogen-bond donors (Lipinski definition) is 1. The highest BCUT2D eigenvalue weighted by molar-refractivity contribution is 5.72. The maximum absolute atomic E-state index is 9.48. The molecule has 0 amide bonds. The Labute approximate surface area is 249 Å². The Balaban J connectivity index is 0.00000123. The first-order chi connectivity index (χ1) is 19.8. The van der Waals surface area contributed by atoms with Gasteiger partial charge >= 0.3 is 0 Å². The predicted molar refractivity (Wildman–Crippen MR) is 172 cm³/mol. The molecule has 0 aliphatic carbocycles. The van der Waals surface area contributed by atoms with Crippen molar-refractivity contribution in [3.8, 4) is 11.1 Å². The molecule has 0 saturated heterocycles. The summed E-state index contributed by atoms with van der Waals surface area (Å²) < 4.78 is 10.8. The molecule has 0 saturated carbocycles. The lowest BCUT2D eigenvalue weighted by atomic mass is 9.93. The summed E-state index contributed by atoms with van der Waals surface area (Å²) >= 11 is 0. The molecule has 1 atom stereocenters. The van der Waals surface area contributed by atoms with E-state index in [9.17, 15) is 9.59 Å². The first kappa shape index (κ1) is 38.1. The van der Waals surface area contributed by atoms with Crippen molar-refractivity contribution >= 4 is 12.6 Å². The molecule has 0 radical (unpaired) electrons. The fourth-order valence-electron chi connectivity index (χ4n) is 4.16. The molecule has 5 nitrogen and oxygen atoms in total. The second-order valence-corrected chi connectivity index (χ2v) is 10.3. The number of hydrogen-bond acceptors (Lipinski definition) is 5. The second kappa shape index (κ2) is 24.9. The van der Waals surface area contributed by atoms with E-state index in [-0.39, 0.29) is 18.3 Å². The number of carbonyl (C=O) groups is 2. The fraction of sp³-hybridized carbons (Fsp3) is 0.500. The average Bonchev–Trinajstić information content (AvgIpc) is 3.01. The van der Waals surface area contributed by atoms with Gasteiger partial charge in [0.15, 0.2) is 0 Å². The summed E-state index contributed by atoms with van der Waals surface area (Å²) in [5.41, 5.74) is 7.70. The summed E-state index contributed by atoms with van der Waals surface area (Å²) in [4.78, 5) is 18.9. The number of ether oxygens (including phenoxy) is 2. The third-order valence-corrected chi connectivity index (χ3v) is 6.65. The summed E-state index contributed by atoms with van der Waals surface area (Å²) in [7, 11) is 3.54. The van der Waals surface area contributed by atoms with Gasteiger partial charge in [0.25, 0.3) is 0 Å². The van der Waals surface area contributed by atoms with Gasteiger partial charge in [0.05, 0.1) is 12.7 Å². The Hall–Kier alpha value is -2.86. The highest BCUT2D eigenvalue weighted by Gasteiger charge is 2.11. The zero-order valence-electron chi connectivity index (χ0n) is 26.3. The Morgan fingerprint density at radius 1 is 0.902 bits per heavy atom. The van der Waals surface area contributed by atoms with Gasteiger partial charge in [-0.05, 0) is 72.4 Å². The number of methoxy groups -OCH3 is 2. The minimum absolute atomic E-state index is 0.210. The summed E-state index contributed by atoms with van der Waals surface area (Å²) in [5.74, 6) is 0. The summed E-state index contributed by atoms with van der Waals surface area (Å²) in [5, 5.41) is 8.00. The van der Waals surface area contributed by atoms with E-state index in [0.29, 0.717) is 11.9 Å². The van der Waals surface area contributed by atoms with Crippen molar-refractivity contribution in [1.29, 1.82) is 0 Å². The number of carbonyl (C=O) groups excluding carboxylic acids is 2. The molecule has 1 unspecified atom stereocenters. The van der Waals surface area contributed by atoms with Crippen molar-refractivity contribution in [2.75, 3.05) is 27.4 Å². The average molecular weight is 567 g/mol. The van der Waals surface area contributed by atoms with Crippen LogP contribution in [0.25, 0.3) is 11.1 Å². The maximum atomic E-state index is 9.48. The van der Waals surface area contributed by atoms with Crippen molar-refractivity contribution in [2.24, 2.45) is 0 Å². The van der Waals surface area contributed by atoms with Crippen LogP contribution in [0.3, 0.4) is 0 Å². The van der Waals surface area contributed by atoms with Crippen molar-refractivity contribution in [2.45, 2.75) is 91.1 Å². The van der Waals surface area contributed by atoms with E-state index in [2.05, 4.69) is 69.5 Å². The molecular weight excluding hydrogens is 512 g/mol. The molecule has 228 valence electrons. The van der Waals surface area contributed by atoms with Gasteiger partial charge in [-0.25, -0.2) is 0 Å². The number of unbranched alkanes of at least 4 members (excludes halogenated alkanes) is 5. The molecule has 0 aliphatic rings. The van der Waals surface area contributed by atoms with E-state index in [1.165, 1.54) is 72.8 Å². The Morgan fingerprint density at radius 3 is 2.00 bits per heavy atom. The number of aliphatic hydroxyl groups excluding tert-OH is 1. The lowest BCUT2D eigenvalue weighted by Gasteiger charge is -2.17. The molecule has 0 aliphatic heterocycles. The highest BCUT2D eigenvalue weighted by atomic mass is 16.5. The molecule has 2 aromatic rings. The zero-order valence-corrected chi connectivity index (χ0v) is 26.3. The molecule has 2 aromatic carbocycles. The molecule has 0 fully saturated rings. The Morgan fingerprint density at radius 2 is 1.51 bits per heavy atom. The van der Waals surface area contributed by atoms with Crippen molar-refractivity contribution in [1.82, 2.24) is 0 Å². The number of aldehydes is 2. The van der Waals surface area contributed by atoms with Crippen LogP contribution < -0.4 is 0 Å². The number of aryl methyl sites for hydroxylation is 2. The molecule has 2 rings (SSSR count). The molecule has 5 heteroatoms. The van der Waals surface area contributed by atoms with Gasteiger partial charge in [-0.3, -0.25) is 9.59 Å². The van der Waals surface area contributed by atoms with Crippen LogP contribution in [0.1, 0.15) is 82.4 Å². The minimum Gasteiger partial charge on any atom is -0.392 e. The van der Waals surface area contributed by atoms with E-state index < -0.39 is 0 Å². The highest BCUT2D eigenvalue weighted by Crippen LogP contribution is 2.27. The molecular formula is C36H54O5. The van der Waals surface area contributed by atoms with Gasteiger partial charge in [-0.15, -0.1) is 0 Å². The normalized spacial score (nSPS) is 10.9. The lowest BCUT2D eigenvalue weighted by molar-refractivity contribution is -0.105. The first-order valence-electron chi connectivity index (χ1n) is 14.9. The lowest BCUT2D eigenvalue weighted by Crippen LogP contribution is -2.16. The summed E-state index contributed by atoms with van der Waals surface area (Å²) in [6, 6.07) is 16.2. The van der Waals surface area contributed by atoms with Crippen LogP contribution in [-0.2, 0) is 38.3 Å². The molecule has 0 bridgehead atoms. The van der Waals surface area contributed by atoms with Crippen LogP contribution in [0.2, 0.25) is 0 Å². The molecule has 41 heavy (non-hydrogen) atoms. The smallest absolute Gasteiger partial charge is 0.147 e. The monoisotopic (exact) mass is 566 g/mol. The van der Waals surface area contributed by atoms with Crippen LogP contribution in [0.4, 0.5) is 0 Å². The molecule has 0 spiro atoms. The third kappa shape index (κ3) is 18.2. The zero-order chi connectivity index (χ0) is 30.9. The predicted octanol–water partition coefficient (Wildman–Crippen LogP) is 7.91. The SMILES string of the molecule is C=C(C)C=O.C=C(C=O)CO.CCCCCCCCc1ccc(-c2ccc(CC(CCOC)OC)cc2CC)cc1. The number of benzene rings is 2. The largest absolute Gasteiger partial charge is 0.392 e. The van der Waals surface area contributed by atoms with Crippen LogP contribution in [0, 0.1) is 0 Å². The van der Waals surface area contributed by atoms with E-state index in [4.69, 9.17) is 14.6 Å². The first-order valence-corrected chi connectivity index (χ1v) is 14.9. The fourth-order valence-corrected chi connectivity index (χ4v) is 4.16. The minimum atomic E-state index is -0.233. The van der Waals surface area contributed by atoms with Crippen molar-refractivity contribution < 1.29 is 24.2 Å². The van der Waals surface area contributed by atoms with E-state index in [1.807, 2.05) is 0 Å². The van der Waals surface area contributed by atoms with Gasteiger partial charge in [-0.1, -0.05) is 102 Å². The maximum Gasteiger partial charge on any atom is 0.147 e. The van der Waals surface area contributed by atoms with Crippen molar-refractivity contribution in [3.63, 3.8) is 0 Å². The molecule has 1 N–H and O–H groups in total. The standard InChI is InChI=1S/C28H42O2.C4H6O2.C4H6O/c1-5-7-8-9-10-11-12-23-13-16-26(17-14-23)28-18-15-24(21-25(28)6-2)22-27(30-4)19-20-29-3;1-4(2-5)3-6;1-4(2)3-5/h13-18,21,27H,5-12,19-20,22H2,1-4H3;2,6H,1,3H2;3H,1H2,2H3. The van der Waals surface area contributed by atoms with Crippen LogP contribution in [0.15, 0.2) is 66.8 Å².